The molecule has 84 valence electrons. The van der Waals surface area contributed by atoms with Gasteiger partial charge in [0.2, 0.25) is 5.28 Å². The Labute approximate surface area is 94.2 Å². The number of anilines is 2. The summed E-state index contributed by atoms with van der Waals surface area (Å²) in [6, 6.07) is 0. The Morgan fingerprint density at radius 2 is 2.33 bits per heavy atom. The van der Waals surface area contributed by atoms with Crippen molar-refractivity contribution in [2.75, 3.05) is 37.4 Å². The summed E-state index contributed by atoms with van der Waals surface area (Å²) in [4.78, 5) is 9.90. The van der Waals surface area contributed by atoms with E-state index in [4.69, 9.17) is 22.1 Å². The number of rotatable bonds is 5. The summed E-state index contributed by atoms with van der Waals surface area (Å²) in [5.74, 6) is 0.662. The molecule has 15 heavy (non-hydrogen) atoms. The minimum atomic E-state index is 0.204. The van der Waals surface area contributed by atoms with Crippen LogP contribution in [-0.2, 0) is 4.74 Å². The number of hydrogen-bond acceptors (Lipinski definition) is 5. The van der Waals surface area contributed by atoms with Gasteiger partial charge in [-0.25, -0.2) is 4.98 Å². The molecule has 6 heteroatoms. The van der Waals surface area contributed by atoms with Gasteiger partial charge in [-0.15, -0.1) is 0 Å². The number of nitrogens with zero attached hydrogens (tertiary/aromatic N) is 3. The zero-order chi connectivity index (χ0) is 11.3. The lowest BCUT2D eigenvalue weighted by atomic mass is 10.4. The Balaban J connectivity index is 2.85. The maximum absolute atomic E-state index is 5.77. The summed E-state index contributed by atoms with van der Waals surface area (Å²) >= 11 is 5.72. The van der Waals surface area contributed by atoms with Crippen LogP contribution in [0, 0.1) is 0 Å². The second-order valence-corrected chi connectivity index (χ2v) is 3.33. The number of halogens is 1. The predicted octanol–water partition coefficient (Wildman–Crippen LogP) is 1.18. The van der Waals surface area contributed by atoms with Gasteiger partial charge in [0.1, 0.15) is 0 Å². The second-order valence-electron chi connectivity index (χ2n) is 2.99. The van der Waals surface area contributed by atoms with Crippen molar-refractivity contribution in [3.63, 3.8) is 0 Å². The lowest BCUT2D eigenvalue weighted by Crippen LogP contribution is -2.28. The largest absolute Gasteiger partial charge is 0.394 e. The number of methoxy groups -OCH3 is 1. The van der Waals surface area contributed by atoms with Crippen LogP contribution in [0.25, 0.3) is 0 Å². The molecule has 0 saturated heterocycles. The summed E-state index contributed by atoms with van der Waals surface area (Å²) in [6.07, 6.45) is 1.51. The van der Waals surface area contributed by atoms with Gasteiger partial charge < -0.3 is 15.4 Å². The second kappa shape index (κ2) is 5.72. The number of aromatic nitrogens is 2. The Morgan fingerprint density at radius 1 is 1.60 bits per heavy atom. The SMILES string of the molecule is CCN(CCOC)c1nc(Cl)ncc1N. The van der Waals surface area contributed by atoms with Crippen molar-refractivity contribution in [3.05, 3.63) is 11.5 Å². The van der Waals surface area contributed by atoms with Crippen LogP contribution < -0.4 is 10.6 Å². The Morgan fingerprint density at radius 3 is 2.93 bits per heavy atom. The molecule has 0 aliphatic rings. The minimum Gasteiger partial charge on any atom is -0.394 e. The Hall–Kier alpha value is -1.07. The molecule has 0 saturated carbocycles. The highest BCUT2D eigenvalue weighted by molar-refractivity contribution is 6.28. The first-order valence-electron chi connectivity index (χ1n) is 4.71. The van der Waals surface area contributed by atoms with Crippen molar-refractivity contribution in [1.82, 2.24) is 9.97 Å². The minimum absolute atomic E-state index is 0.204. The van der Waals surface area contributed by atoms with Gasteiger partial charge in [0.25, 0.3) is 0 Å². The molecule has 0 fully saturated rings. The zero-order valence-corrected chi connectivity index (χ0v) is 9.66. The molecule has 1 aromatic heterocycles. The van der Waals surface area contributed by atoms with Crippen LogP contribution >= 0.6 is 11.6 Å². The van der Waals surface area contributed by atoms with E-state index in [9.17, 15) is 0 Å². The maximum Gasteiger partial charge on any atom is 0.224 e. The number of ether oxygens (including phenoxy) is 1. The van der Waals surface area contributed by atoms with E-state index >= 15 is 0 Å². The normalized spacial score (nSPS) is 10.3. The summed E-state index contributed by atoms with van der Waals surface area (Å²) in [5.41, 5.74) is 6.30. The van der Waals surface area contributed by atoms with Crippen LogP contribution in [0.3, 0.4) is 0 Å². The molecule has 0 unspecified atom stereocenters. The quantitative estimate of drug-likeness (QED) is 0.770. The fourth-order valence-corrected chi connectivity index (χ4v) is 1.36. The van der Waals surface area contributed by atoms with Crippen molar-refractivity contribution in [1.29, 1.82) is 0 Å². The third-order valence-electron chi connectivity index (χ3n) is 2.01. The molecule has 0 amide bonds. The zero-order valence-electron chi connectivity index (χ0n) is 8.90. The molecule has 0 atom stereocenters. The van der Waals surface area contributed by atoms with Crippen molar-refractivity contribution >= 4 is 23.1 Å². The predicted molar refractivity (Wildman–Crippen MR) is 61.2 cm³/mol. The topological polar surface area (TPSA) is 64.3 Å². The number of likely N-dealkylation sites (N-methyl/N-ethyl adjacent to an activating group) is 1. The molecular formula is C9H15ClN4O. The standard InChI is InChI=1S/C9H15ClN4O/c1-3-14(4-5-15-2)8-7(11)6-12-9(10)13-8/h6H,3-5,11H2,1-2H3. The van der Waals surface area contributed by atoms with Crippen LogP contribution in [0.15, 0.2) is 6.20 Å². The van der Waals surface area contributed by atoms with Crippen molar-refractivity contribution in [2.45, 2.75) is 6.92 Å². The van der Waals surface area contributed by atoms with Gasteiger partial charge >= 0.3 is 0 Å². The first-order valence-corrected chi connectivity index (χ1v) is 5.08. The molecule has 0 aliphatic carbocycles. The average Bonchev–Trinajstić information content (AvgIpc) is 2.24. The van der Waals surface area contributed by atoms with E-state index in [1.165, 1.54) is 6.20 Å². The van der Waals surface area contributed by atoms with Crippen LogP contribution in [0.4, 0.5) is 11.5 Å². The highest BCUT2D eigenvalue weighted by Crippen LogP contribution is 2.20. The molecule has 0 aromatic carbocycles. The van der Waals surface area contributed by atoms with E-state index in [-0.39, 0.29) is 5.28 Å². The number of nitrogens with two attached hydrogens (primary N) is 1. The molecule has 1 aromatic rings. The molecule has 5 nitrogen and oxygen atoms in total. The molecular weight excluding hydrogens is 216 g/mol. The Kier molecular flexibility index (Phi) is 4.58. The monoisotopic (exact) mass is 230 g/mol. The molecule has 2 N–H and O–H groups in total. The lowest BCUT2D eigenvalue weighted by Gasteiger charge is -2.22. The first kappa shape index (κ1) is 12.0. The molecule has 1 heterocycles. The van der Waals surface area contributed by atoms with E-state index in [2.05, 4.69) is 9.97 Å². The van der Waals surface area contributed by atoms with E-state index in [0.29, 0.717) is 18.1 Å². The smallest absolute Gasteiger partial charge is 0.224 e. The summed E-state index contributed by atoms with van der Waals surface area (Å²) < 4.78 is 5.01. The van der Waals surface area contributed by atoms with Crippen molar-refractivity contribution in [3.8, 4) is 0 Å². The van der Waals surface area contributed by atoms with Crippen LogP contribution in [-0.4, -0.2) is 36.8 Å². The fraction of sp³-hybridized carbons (Fsp3) is 0.556. The van der Waals surface area contributed by atoms with Crippen LogP contribution in [0.1, 0.15) is 6.92 Å². The van der Waals surface area contributed by atoms with Gasteiger partial charge in [-0.1, -0.05) is 0 Å². The van der Waals surface area contributed by atoms with Gasteiger partial charge in [0.05, 0.1) is 18.5 Å². The van der Waals surface area contributed by atoms with E-state index in [0.717, 1.165) is 13.1 Å². The van der Waals surface area contributed by atoms with Gasteiger partial charge in [-0.3, -0.25) is 0 Å². The molecule has 0 bridgehead atoms. The van der Waals surface area contributed by atoms with Gasteiger partial charge in [-0.05, 0) is 18.5 Å². The number of nitrogen functional groups attached to an aromatic ring is 1. The van der Waals surface area contributed by atoms with Gasteiger partial charge in [-0.2, -0.15) is 4.98 Å². The van der Waals surface area contributed by atoms with Gasteiger partial charge in [0.15, 0.2) is 5.82 Å². The third kappa shape index (κ3) is 3.21. The summed E-state index contributed by atoms with van der Waals surface area (Å²) in [5, 5.41) is 0.204. The third-order valence-corrected chi connectivity index (χ3v) is 2.20. The Bertz CT molecular complexity index is 321. The van der Waals surface area contributed by atoms with E-state index in [1.54, 1.807) is 7.11 Å². The molecule has 0 radical (unpaired) electrons. The molecule has 0 spiro atoms. The highest BCUT2D eigenvalue weighted by atomic mass is 35.5. The molecule has 1 rings (SSSR count). The number of hydrogen-bond donors (Lipinski definition) is 1. The summed E-state index contributed by atoms with van der Waals surface area (Å²) in [6.45, 7) is 4.16. The summed E-state index contributed by atoms with van der Waals surface area (Å²) in [7, 11) is 1.66. The van der Waals surface area contributed by atoms with Crippen molar-refractivity contribution in [2.24, 2.45) is 0 Å². The van der Waals surface area contributed by atoms with Crippen LogP contribution in [0.2, 0.25) is 5.28 Å². The molecule has 0 aliphatic heterocycles. The van der Waals surface area contributed by atoms with Crippen molar-refractivity contribution < 1.29 is 4.74 Å². The highest BCUT2D eigenvalue weighted by Gasteiger charge is 2.10. The maximum atomic E-state index is 5.77. The first-order chi connectivity index (χ1) is 7.19. The fourth-order valence-electron chi connectivity index (χ4n) is 1.23. The average molecular weight is 231 g/mol. The van der Waals surface area contributed by atoms with Gasteiger partial charge in [0, 0.05) is 20.2 Å². The lowest BCUT2D eigenvalue weighted by molar-refractivity contribution is 0.205. The van der Waals surface area contributed by atoms with E-state index < -0.39 is 0 Å². The van der Waals surface area contributed by atoms with E-state index in [1.807, 2.05) is 11.8 Å². The van der Waals surface area contributed by atoms with Crippen LogP contribution in [0.5, 0.6) is 0 Å².